The van der Waals surface area contributed by atoms with Gasteiger partial charge in [0, 0.05) is 6.07 Å². The number of fused-ring (bicyclic) bond motifs is 2. The minimum absolute atomic E-state index is 0.520. The summed E-state index contributed by atoms with van der Waals surface area (Å²) in [4.78, 5) is 10.5. The molecule has 0 fully saturated rings. The predicted octanol–water partition coefficient (Wildman–Crippen LogP) is 0.869. The fourth-order valence-corrected chi connectivity index (χ4v) is 0.993. The Morgan fingerprint density at radius 2 is 1.92 bits per heavy atom. The van der Waals surface area contributed by atoms with Crippen LogP contribution in [0.3, 0.4) is 0 Å². The minimum atomic E-state index is -1.21. The lowest BCUT2D eigenvalue weighted by molar-refractivity contribution is -0.159. The van der Waals surface area contributed by atoms with Crippen molar-refractivity contribution in [2.45, 2.75) is 6.29 Å². The molecule has 0 saturated carbocycles. The fraction of sp³-hybridized carbons (Fsp3) is 0.125. The van der Waals surface area contributed by atoms with Crippen LogP contribution in [0.15, 0.2) is 24.3 Å². The van der Waals surface area contributed by atoms with Crippen LogP contribution < -0.4 is 9.47 Å². The van der Waals surface area contributed by atoms with Crippen molar-refractivity contribution in [3.05, 3.63) is 24.3 Å². The molecule has 1 aromatic carbocycles. The minimum Gasteiger partial charge on any atom is -0.476 e. The lowest BCUT2D eigenvalue weighted by Crippen LogP contribution is -2.34. The van der Waals surface area contributed by atoms with E-state index in [4.69, 9.17) is 14.6 Å². The first kappa shape index (κ1) is 6.97. The average Bonchev–Trinajstić information content (AvgIpc) is 2.03. The van der Waals surface area contributed by atoms with Crippen molar-refractivity contribution in [2.24, 2.45) is 0 Å². The van der Waals surface area contributed by atoms with Crippen molar-refractivity contribution >= 4 is 5.97 Å². The van der Waals surface area contributed by atoms with Crippen molar-refractivity contribution in [3.63, 3.8) is 0 Å². The summed E-state index contributed by atoms with van der Waals surface area (Å²) in [5.74, 6) is -0.0842. The topological polar surface area (TPSA) is 55.8 Å². The van der Waals surface area contributed by atoms with E-state index in [1.165, 1.54) is 0 Å². The van der Waals surface area contributed by atoms with Crippen LogP contribution in [-0.4, -0.2) is 17.4 Å². The van der Waals surface area contributed by atoms with Crippen LogP contribution >= 0.6 is 0 Å². The third-order valence-corrected chi connectivity index (χ3v) is 1.49. The van der Waals surface area contributed by atoms with Gasteiger partial charge in [-0.05, 0) is 12.1 Å². The van der Waals surface area contributed by atoms with Crippen molar-refractivity contribution in [3.8, 4) is 11.5 Å². The van der Waals surface area contributed by atoms with E-state index in [1.807, 2.05) is 0 Å². The Morgan fingerprint density at radius 1 is 1.33 bits per heavy atom. The van der Waals surface area contributed by atoms with Crippen LogP contribution in [-0.2, 0) is 4.79 Å². The number of carbonyl (C=O) groups is 1. The molecule has 4 heteroatoms. The van der Waals surface area contributed by atoms with Crippen LogP contribution in [0.4, 0.5) is 0 Å². The molecule has 0 amide bonds. The quantitative estimate of drug-likeness (QED) is 0.672. The molecule has 0 aromatic heterocycles. The highest BCUT2D eigenvalue weighted by Gasteiger charge is 2.25. The SMILES string of the molecule is O=C(O)C1Oc2cccc(c2)O1. The molecule has 0 radical (unpaired) electrons. The van der Waals surface area contributed by atoms with E-state index in [0.29, 0.717) is 11.5 Å². The largest absolute Gasteiger partial charge is 0.476 e. The van der Waals surface area contributed by atoms with E-state index in [2.05, 4.69) is 0 Å². The number of rotatable bonds is 1. The lowest BCUT2D eigenvalue weighted by Gasteiger charge is -2.21. The van der Waals surface area contributed by atoms with Crippen LogP contribution in [0.1, 0.15) is 0 Å². The first-order chi connectivity index (χ1) is 5.75. The summed E-state index contributed by atoms with van der Waals surface area (Å²) in [6.45, 7) is 0. The van der Waals surface area contributed by atoms with Gasteiger partial charge >= 0.3 is 12.3 Å². The number of hydrogen-bond acceptors (Lipinski definition) is 3. The molecule has 12 heavy (non-hydrogen) atoms. The molecular formula is C8H6O4. The highest BCUT2D eigenvalue weighted by Crippen LogP contribution is 2.26. The molecule has 0 spiro atoms. The van der Waals surface area contributed by atoms with Gasteiger partial charge in [-0.1, -0.05) is 6.07 Å². The third kappa shape index (κ3) is 1.07. The van der Waals surface area contributed by atoms with Crippen molar-refractivity contribution in [1.82, 2.24) is 0 Å². The Bertz CT molecular complexity index is 299. The third-order valence-electron chi connectivity index (χ3n) is 1.49. The van der Waals surface area contributed by atoms with Crippen LogP contribution in [0.25, 0.3) is 0 Å². The molecule has 2 rings (SSSR count). The summed E-state index contributed by atoms with van der Waals surface area (Å²) in [6.07, 6.45) is -1.21. The normalized spacial score (nSPS) is 14.7. The first-order valence-electron chi connectivity index (χ1n) is 3.42. The van der Waals surface area contributed by atoms with Gasteiger partial charge in [0.05, 0.1) is 0 Å². The van der Waals surface area contributed by atoms with Crippen molar-refractivity contribution in [2.75, 3.05) is 0 Å². The number of ether oxygens (including phenoxy) is 2. The van der Waals surface area contributed by atoms with E-state index in [-0.39, 0.29) is 0 Å². The zero-order valence-corrected chi connectivity index (χ0v) is 6.06. The predicted molar refractivity (Wildman–Crippen MR) is 39.1 cm³/mol. The molecule has 0 saturated heterocycles. The molecule has 2 bridgehead atoms. The molecule has 1 N–H and O–H groups in total. The number of carboxylic acids is 1. The van der Waals surface area contributed by atoms with Gasteiger partial charge in [0.25, 0.3) is 0 Å². The van der Waals surface area contributed by atoms with Crippen molar-refractivity contribution < 1.29 is 19.4 Å². The lowest BCUT2D eigenvalue weighted by atomic mass is 10.3. The van der Waals surface area contributed by atoms with Crippen LogP contribution in [0, 0.1) is 0 Å². The second-order valence-corrected chi connectivity index (χ2v) is 2.38. The number of benzene rings is 1. The van der Waals surface area contributed by atoms with Gasteiger partial charge in [-0.25, -0.2) is 4.79 Å². The summed E-state index contributed by atoms with van der Waals surface area (Å²) in [5, 5.41) is 8.56. The summed E-state index contributed by atoms with van der Waals surface area (Å²) >= 11 is 0. The van der Waals surface area contributed by atoms with Gasteiger partial charge < -0.3 is 14.6 Å². The Balaban J connectivity index is 2.29. The first-order valence-corrected chi connectivity index (χ1v) is 3.42. The zero-order valence-electron chi connectivity index (χ0n) is 6.06. The zero-order chi connectivity index (χ0) is 8.55. The van der Waals surface area contributed by atoms with Crippen LogP contribution in [0.2, 0.25) is 0 Å². The highest BCUT2D eigenvalue weighted by molar-refractivity contribution is 5.72. The Morgan fingerprint density at radius 3 is 2.42 bits per heavy atom. The van der Waals surface area contributed by atoms with E-state index in [1.54, 1.807) is 24.3 Å². The maximum absolute atomic E-state index is 10.5. The van der Waals surface area contributed by atoms with Crippen LogP contribution in [0.5, 0.6) is 11.5 Å². The van der Waals surface area contributed by atoms with Gasteiger partial charge in [-0.2, -0.15) is 0 Å². The van der Waals surface area contributed by atoms with Gasteiger partial charge in [-0.3, -0.25) is 0 Å². The van der Waals surface area contributed by atoms with E-state index in [9.17, 15) is 4.79 Å². The maximum atomic E-state index is 10.5. The van der Waals surface area contributed by atoms with Gasteiger partial charge in [0.15, 0.2) is 0 Å². The van der Waals surface area contributed by atoms with Gasteiger partial charge in [-0.15, -0.1) is 0 Å². The van der Waals surface area contributed by atoms with E-state index in [0.717, 1.165) is 0 Å². The molecule has 4 nitrogen and oxygen atoms in total. The van der Waals surface area contributed by atoms with Gasteiger partial charge in [0.1, 0.15) is 11.5 Å². The Labute approximate surface area is 68.3 Å². The monoisotopic (exact) mass is 166 g/mol. The standard InChI is InChI=1S/C8H6O4/c9-7(10)8-11-5-2-1-3-6(4-5)12-8/h1-4,8H,(H,9,10). The highest BCUT2D eigenvalue weighted by atomic mass is 16.7. The van der Waals surface area contributed by atoms with E-state index >= 15 is 0 Å². The molecule has 0 unspecified atom stereocenters. The second-order valence-electron chi connectivity index (χ2n) is 2.38. The van der Waals surface area contributed by atoms with E-state index < -0.39 is 12.3 Å². The molecule has 62 valence electrons. The summed E-state index contributed by atoms with van der Waals surface area (Å²) in [5.41, 5.74) is 0. The summed E-state index contributed by atoms with van der Waals surface area (Å²) in [7, 11) is 0. The fourth-order valence-electron chi connectivity index (χ4n) is 0.993. The molecular weight excluding hydrogens is 160 g/mol. The smallest absolute Gasteiger partial charge is 0.387 e. The summed E-state index contributed by atoms with van der Waals surface area (Å²) in [6, 6.07) is 6.74. The molecule has 0 atom stereocenters. The maximum Gasteiger partial charge on any atom is 0.387 e. The molecule has 1 aliphatic rings. The number of hydrogen-bond donors (Lipinski definition) is 1. The Kier molecular flexibility index (Phi) is 1.40. The molecule has 1 heterocycles. The second kappa shape index (κ2) is 2.41. The molecule has 1 aromatic rings. The Hall–Kier alpha value is -1.71. The average molecular weight is 166 g/mol. The number of carboxylic acid groups (broad SMARTS) is 1. The molecule has 1 aliphatic heterocycles. The van der Waals surface area contributed by atoms with Gasteiger partial charge in [0.2, 0.25) is 0 Å². The summed E-state index contributed by atoms with van der Waals surface area (Å²) < 4.78 is 9.86. The van der Waals surface area contributed by atoms with Crippen molar-refractivity contribution in [1.29, 1.82) is 0 Å². The number of aliphatic carboxylic acids is 1. The molecule has 0 aliphatic carbocycles.